The smallest absolute Gasteiger partial charge is 0.305 e. The van der Waals surface area contributed by atoms with Crippen molar-refractivity contribution < 1.29 is 23.9 Å². The monoisotopic (exact) mass is 411 g/mol. The van der Waals surface area contributed by atoms with Crippen LogP contribution in [-0.4, -0.2) is 34.7 Å². The molecule has 0 saturated carbocycles. The number of hydrogen-bond acceptors (Lipinski definition) is 6. The number of nitrogens with zero attached hydrogens (tertiary/aromatic N) is 1. The van der Waals surface area contributed by atoms with Gasteiger partial charge in [0.15, 0.2) is 5.78 Å². The summed E-state index contributed by atoms with van der Waals surface area (Å²) in [4.78, 5) is 37.6. The van der Waals surface area contributed by atoms with Gasteiger partial charge in [0, 0.05) is 37.1 Å². The Hall–Kier alpha value is -2.99. The van der Waals surface area contributed by atoms with Crippen LogP contribution in [-0.2, 0) is 25.6 Å². The number of carbonyl (C=O) groups is 3. The molecule has 0 radical (unpaired) electrons. The molecule has 0 N–H and O–H groups in total. The van der Waals surface area contributed by atoms with E-state index in [1.807, 2.05) is 30.3 Å². The zero-order chi connectivity index (χ0) is 22.3. The standard InChI is InChI=1S/C24H29NO5/c1-17(26)29-23(30-18(2)27)21-13-11-20(12-14-21)22(28)16-25(24(3,4)5)15-19-9-7-6-8-10-19/h6-14,23H,15-16H2,1-5H3. The van der Waals surface area contributed by atoms with Crippen LogP contribution in [0.4, 0.5) is 0 Å². The Morgan fingerprint density at radius 1 is 0.867 bits per heavy atom. The molecular weight excluding hydrogens is 382 g/mol. The SMILES string of the molecule is CC(=O)OC(OC(C)=O)c1ccc(C(=O)CN(Cc2ccccc2)C(C)(C)C)cc1. The number of ketones is 1. The molecule has 0 spiro atoms. The molecule has 30 heavy (non-hydrogen) atoms. The van der Waals surface area contributed by atoms with E-state index in [9.17, 15) is 14.4 Å². The summed E-state index contributed by atoms with van der Waals surface area (Å²) in [6.07, 6.45) is -1.13. The molecule has 0 aromatic heterocycles. The summed E-state index contributed by atoms with van der Waals surface area (Å²) >= 11 is 0. The zero-order valence-corrected chi connectivity index (χ0v) is 18.2. The normalized spacial score (nSPS) is 11.4. The van der Waals surface area contributed by atoms with Crippen molar-refractivity contribution in [2.24, 2.45) is 0 Å². The van der Waals surface area contributed by atoms with Gasteiger partial charge in [0.1, 0.15) is 0 Å². The number of Topliss-reactive ketones (excluding diaryl/α,β-unsaturated/α-hetero) is 1. The van der Waals surface area contributed by atoms with Crippen LogP contribution in [0.3, 0.4) is 0 Å². The van der Waals surface area contributed by atoms with Crippen molar-refractivity contribution in [1.29, 1.82) is 0 Å². The predicted molar refractivity (Wildman–Crippen MR) is 114 cm³/mol. The molecule has 0 fully saturated rings. The fourth-order valence-corrected chi connectivity index (χ4v) is 2.89. The molecule has 0 aliphatic rings. The molecule has 0 bridgehead atoms. The third-order valence-corrected chi connectivity index (χ3v) is 4.55. The van der Waals surface area contributed by atoms with Crippen LogP contribution < -0.4 is 0 Å². The minimum atomic E-state index is -1.13. The van der Waals surface area contributed by atoms with Crippen LogP contribution in [0.5, 0.6) is 0 Å². The molecule has 0 unspecified atom stereocenters. The van der Waals surface area contributed by atoms with Crippen LogP contribution >= 0.6 is 0 Å². The number of ether oxygens (including phenoxy) is 2. The first-order valence-electron chi connectivity index (χ1n) is 9.83. The second-order valence-corrected chi connectivity index (χ2v) is 8.11. The Labute approximate surface area is 177 Å². The Bertz CT molecular complexity index is 853. The van der Waals surface area contributed by atoms with E-state index in [2.05, 4.69) is 25.7 Å². The number of hydrogen-bond donors (Lipinski definition) is 0. The fourth-order valence-electron chi connectivity index (χ4n) is 2.89. The van der Waals surface area contributed by atoms with E-state index in [4.69, 9.17) is 9.47 Å². The van der Waals surface area contributed by atoms with Gasteiger partial charge >= 0.3 is 11.9 Å². The molecule has 2 rings (SSSR count). The second kappa shape index (κ2) is 10.2. The molecule has 0 heterocycles. The van der Waals surface area contributed by atoms with Gasteiger partial charge in [0.05, 0.1) is 6.54 Å². The molecule has 6 nitrogen and oxygen atoms in total. The maximum atomic E-state index is 12.9. The first kappa shape index (κ1) is 23.3. The minimum absolute atomic E-state index is 0.0241. The summed E-state index contributed by atoms with van der Waals surface area (Å²) in [6, 6.07) is 16.6. The van der Waals surface area contributed by atoms with Gasteiger partial charge in [-0.2, -0.15) is 0 Å². The van der Waals surface area contributed by atoms with Crippen molar-refractivity contribution in [2.75, 3.05) is 6.54 Å². The Balaban J connectivity index is 2.14. The summed E-state index contributed by atoms with van der Waals surface area (Å²) in [7, 11) is 0. The lowest BCUT2D eigenvalue weighted by atomic mass is 10.0. The molecule has 0 saturated heterocycles. The molecule has 0 aliphatic carbocycles. The zero-order valence-electron chi connectivity index (χ0n) is 18.2. The van der Waals surface area contributed by atoms with E-state index in [0.29, 0.717) is 17.7 Å². The highest BCUT2D eigenvalue weighted by atomic mass is 16.7. The third kappa shape index (κ3) is 7.12. The number of carbonyl (C=O) groups excluding carboxylic acids is 3. The highest BCUT2D eigenvalue weighted by molar-refractivity contribution is 5.97. The molecule has 0 amide bonds. The second-order valence-electron chi connectivity index (χ2n) is 8.11. The van der Waals surface area contributed by atoms with Crippen LogP contribution in [0.1, 0.15) is 62.4 Å². The van der Waals surface area contributed by atoms with Crippen LogP contribution in [0.25, 0.3) is 0 Å². The van der Waals surface area contributed by atoms with Crippen molar-refractivity contribution in [3.8, 4) is 0 Å². The molecule has 6 heteroatoms. The van der Waals surface area contributed by atoms with Crippen LogP contribution in [0.15, 0.2) is 54.6 Å². The van der Waals surface area contributed by atoms with Gasteiger partial charge in [-0.05, 0) is 26.3 Å². The predicted octanol–water partition coefficient (Wildman–Crippen LogP) is 4.29. The van der Waals surface area contributed by atoms with Gasteiger partial charge in [0.25, 0.3) is 6.29 Å². The average Bonchev–Trinajstić information content (AvgIpc) is 2.66. The molecular formula is C24H29NO5. The summed E-state index contributed by atoms with van der Waals surface area (Å²) in [5.41, 5.74) is 1.96. The maximum Gasteiger partial charge on any atom is 0.305 e. The van der Waals surface area contributed by atoms with Gasteiger partial charge < -0.3 is 9.47 Å². The lowest BCUT2D eigenvalue weighted by Crippen LogP contribution is -2.43. The molecule has 0 atom stereocenters. The number of benzene rings is 2. The lowest BCUT2D eigenvalue weighted by Gasteiger charge is -2.35. The van der Waals surface area contributed by atoms with E-state index in [0.717, 1.165) is 5.56 Å². The third-order valence-electron chi connectivity index (χ3n) is 4.55. The van der Waals surface area contributed by atoms with Gasteiger partial charge in [-0.25, -0.2) is 0 Å². The topological polar surface area (TPSA) is 72.9 Å². The highest BCUT2D eigenvalue weighted by Gasteiger charge is 2.25. The van der Waals surface area contributed by atoms with E-state index >= 15 is 0 Å². The fraction of sp³-hybridized carbons (Fsp3) is 0.375. The summed E-state index contributed by atoms with van der Waals surface area (Å²) in [5.74, 6) is -1.16. The summed E-state index contributed by atoms with van der Waals surface area (Å²) in [6.45, 7) is 9.63. The van der Waals surface area contributed by atoms with Gasteiger partial charge in [-0.1, -0.05) is 54.6 Å². The summed E-state index contributed by atoms with van der Waals surface area (Å²) < 4.78 is 10.1. The van der Waals surface area contributed by atoms with Gasteiger partial charge in [-0.15, -0.1) is 0 Å². The molecule has 2 aromatic rings. The van der Waals surface area contributed by atoms with E-state index in [1.165, 1.54) is 13.8 Å². The van der Waals surface area contributed by atoms with E-state index in [1.54, 1.807) is 24.3 Å². The van der Waals surface area contributed by atoms with Crippen LogP contribution in [0, 0.1) is 0 Å². The minimum Gasteiger partial charge on any atom is -0.421 e. The first-order chi connectivity index (χ1) is 14.1. The summed E-state index contributed by atoms with van der Waals surface area (Å²) in [5, 5.41) is 0. The molecule has 2 aromatic carbocycles. The van der Waals surface area contributed by atoms with E-state index < -0.39 is 18.2 Å². The lowest BCUT2D eigenvalue weighted by molar-refractivity contribution is -0.186. The van der Waals surface area contributed by atoms with Crippen molar-refractivity contribution in [3.63, 3.8) is 0 Å². The Morgan fingerprint density at radius 3 is 1.87 bits per heavy atom. The van der Waals surface area contributed by atoms with Crippen molar-refractivity contribution >= 4 is 17.7 Å². The van der Waals surface area contributed by atoms with Crippen molar-refractivity contribution in [3.05, 3.63) is 71.3 Å². The maximum absolute atomic E-state index is 12.9. The molecule has 0 aliphatic heterocycles. The van der Waals surface area contributed by atoms with Crippen molar-refractivity contribution in [2.45, 2.75) is 53.0 Å². The number of rotatable bonds is 8. The van der Waals surface area contributed by atoms with E-state index in [-0.39, 0.29) is 17.9 Å². The Morgan fingerprint density at radius 2 is 1.40 bits per heavy atom. The van der Waals surface area contributed by atoms with Crippen molar-refractivity contribution in [1.82, 2.24) is 4.90 Å². The van der Waals surface area contributed by atoms with Gasteiger partial charge in [0.2, 0.25) is 0 Å². The van der Waals surface area contributed by atoms with Crippen LogP contribution in [0.2, 0.25) is 0 Å². The number of esters is 2. The van der Waals surface area contributed by atoms with Gasteiger partial charge in [-0.3, -0.25) is 19.3 Å². The largest absolute Gasteiger partial charge is 0.421 e. The quantitative estimate of drug-likeness (QED) is 0.366. The average molecular weight is 411 g/mol. The Kier molecular flexibility index (Phi) is 7.89. The first-order valence-corrected chi connectivity index (χ1v) is 9.83. The highest BCUT2D eigenvalue weighted by Crippen LogP contribution is 2.22. The molecule has 160 valence electrons.